The summed E-state index contributed by atoms with van der Waals surface area (Å²) in [6, 6.07) is 9.42. The molecule has 1 aliphatic heterocycles. The summed E-state index contributed by atoms with van der Waals surface area (Å²) >= 11 is 6.06. The minimum absolute atomic E-state index is 0.147. The summed E-state index contributed by atoms with van der Waals surface area (Å²) in [6.45, 7) is 1.63. The fourth-order valence-corrected chi connectivity index (χ4v) is 3.70. The van der Waals surface area contributed by atoms with E-state index < -0.39 is 6.09 Å². The minimum atomic E-state index is -1.12. The molecule has 27 heavy (non-hydrogen) atoms. The molecule has 1 fully saturated rings. The van der Waals surface area contributed by atoms with Gasteiger partial charge in [-0.1, -0.05) is 17.7 Å². The molecule has 1 amide bonds. The first-order chi connectivity index (χ1) is 13.0. The average Bonchev–Trinajstić information content (AvgIpc) is 2.67. The Bertz CT molecular complexity index is 824. The van der Waals surface area contributed by atoms with Crippen LogP contribution >= 0.6 is 11.6 Å². The summed E-state index contributed by atoms with van der Waals surface area (Å²) in [5.74, 6) is 1.12. The number of benzene rings is 1. The molecule has 7 nitrogen and oxygen atoms in total. The minimum Gasteiger partial charge on any atom is -0.465 e. The molecule has 2 aromatic rings. The van der Waals surface area contributed by atoms with Gasteiger partial charge in [-0.05, 0) is 43.0 Å². The number of carbonyl (C=O) groups excluding carboxylic acids is 1. The second-order valence-electron chi connectivity index (χ2n) is 6.85. The predicted molar refractivity (Wildman–Crippen MR) is 105 cm³/mol. The van der Waals surface area contributed by atoms with Crippen molar-refractivity contribution in [3.63, 3.8) is 0 Å². The quantitative estimate of drug-likeness (QED) is 0.735. The highest BCUT2D eigenvalue weighted by Crippen LogP contribution is 2.26. The van der Waals surface area contributed by atoms with Gasteiger partial charge < -0.3 is 20.5 Å². The molecular weight excluding hydrogens is 368 g/mol. The number of hydrogen-bond donors (Lipinski definition) is 2. The number of nitrogens with two attached hydrogens (primary N) is 1. The van der Waals surface area contributed by atoms with Crippen molar-refractivity contribution in [3.8, 4) is 0 Å². The second kappa shape index (κ2) is 8.54. The van der Waals surface area contributed by atoms with Gasteiger partial charge in [0.25, 0.3) is 0 Å². The smallest absolute Gasteiger partial charge is 0.407 e. The number of halogens is 1. The molecule has 0 bridgehead atoms. The lowest BCUT2D eigenvalue weighted by atomic mass is 9.89. The number of carbonyl (C=O) groups is 2. The summed E-state index contributed by atoms with van der Waals surface area (Å²) in [7, 11) is 0. The number of piperidine rings is 1. The highest BCUT2D eigenvalue weighted by Gasteiger charge is 2.27. The highest BCUT2D eigenvalue weighted by atomic mass is 35.5. The van der Waals surface area contributed by atoms with Crippen LogP contribution in [0.1, 0.15) is 12.8 Å². The van der Waals surface area contributed by atoms with E-state index in [1.165, 1.54) is 0 Å². The number of rotatable bonds is 6. The number of carboxylic acid groups (broad SMARTS) is 1. The monoisotopic (exact) mass is 390 g/mol. The van der Waals surface area contributed by atoms with Gasteiger partial charge >= 0.3 is 6.09 Å². The molecule has 2 heterocycles. The van der Waals surface area contributed by atoms with E-state index in [0.717, 1.165) is 47.6 Å². The van der Waals surface area contributed by atoms with Crippen molar-refractivity contribution in [2.75, 3.05) is 31.1 Å². The molecule has 1 unspecified atom stereocenters. The molecule has 0 saturated carbocycles. The Morgan fingerprint density at radius 2 is 2.07 bits per heavy atom. The van der Waals surface area contributed by atoms with Gasteiger partial charge in [0.15, 0.2) is 0 Å². The van der Waals surface area contributed by atoms with E-state index in [-0.39, 0.29) is 25.0 Å². The summed E-state index contributed by atoms with van der Waals surface area (Å²) in [4.78, 5) is 29.8. The zero-order chi connectivity index (χ0) is 19.4. The first-order valence-corrected chi connectivity index (χ1v) is 9.34. The van der Waals surface area contributed by atoms with Crippen LogP contribution in [-0.2, 0) is 4.79 Å². The topological polar surface area (TPSA) is 99.8 Å². The van der Waals surface area contributed by atoms with Gasteiger partial charge in [0.2, 0.25) is 0 Å². The molecule has 3 N–H and O–H groups in total. The van der Waals surface area contributed by atoms with Crippen LogP contribution in [0.5, 0.6) is 0 Å². The summed E-state index contributed by atoms with van der Waals surface area (Å²) in [6.07, 6.45) is 1.17. The van der Waals surface area contributed by atoms with E-state index in [0.29, 0.717) is 11.3 Å². The highest BCUT2D eigenvalue weighted by molar-refractivity contribution is 6.31. The first-order valence-electron chi connectivity index (χ1n) is 8.96. The number of nitrogens with zero attached hydrogens (tertiary/aromatic N) is 3. The predicted octanol–water partition coefficient (Wildman–Crippen LogP) is 2.61. The van der Waals surface area contributed by atoms with Crippen molar-refractivity contribution in [2.45, 2.75) is 18.9 Å². The first kappa shape index (κ1) is 19.4. The molecular formula is C19H23ClN4O3. The normalized spacial score (nSPS) is 16.3. The maximum atomic E-state index is 11.2. The van der Waals surface area contributed by atoms with Crippen molar-refractivity contribution >= 4 is 40.7 Å². The molecule has 1 aromatic carbocycles. The maximum absolute atomic E-state index is 11.2. The average molecular weight is 391 g/mol. The summed E-state index contributed by atoms with van der Waals surface area (Å²) in [5.41, 5.74) is 7.09. The van der Waals surface area contributed by atoms with Gasteiger partial charge in [-0.25, -0.2) is 9.78 Å². The number of pyridine rings is 1. The number of aldehydes is 1. The van der Waals surface area contributed by atoms with Crippen molar-refractivity contribution in [1.29, 1.82) is 0 Å². The van der Waals surface area contributed by atoms with Crippen molar-refractivity contribution in [3.05, 3.63) is 35.4 Å². The Morgan fingerprint density at radius 1 is 1.37 bits per heavy atom. The molecule has 1 aromatic heterocycles. The number of anilines is 1. The van der Waals surface area contributed by atoms with Crippen molar-refractivity contribution < 1.29 is 14.7 Å². The molecule has 1 saturated heterocycles. The number of fused-ring (bicyclic) bond motifs is 1. The third kappa shape index (κ3) is 4.67. The molecule has 1 atom stereocenters. The molecule has 0 spiro atoms. The standard InChI is InChI=1S/C19H23ClN4O3/c20-15-3-1-14-2-4-18(22-17(14)11-15)23-7-5-13(6-8-23)16(21)12-24(9-10-25)19(26)27/h1-4,10-11,13,16H,5-9,12,21H2,(H,26,27). The largest absolute Gasteiger partial charge is 0.465 e. The Hall–Kier alpha value is -2.38. The van der Waals surface area contributed by atoms with Gasteiger partial charge in [-0.2, -0.15) is 0 Å². The van der Waals surface area contributed by atoms with Crippen molar-refractivity contribution in [2.24, 2.45) is 11.7 Å². The zero-order valence-corrected chi connectivity index (χ0v) is 15.7. The van der Waals surface area contributed by atoms with Crippen LogP contribution in [0, 0.1) is 5.92 Å². The Balaban J connectivity index is 1.61. The van der Waals surface area contributed by atoms with Crippen LogP contribution in [0.4, 0.5) is 10.6 Å². The molecule has 144 valence electrons. The Morgan fingerprint density at radius 3 is 2.74 bits per heavy atom. The summed E-state index contributed by atoms with van der Waals surface area (Å²) < 4.78 is 0. The van der Waals surface area contributed by atoms with E-state index in [1.54, 1.807) is 0 Å². The lowest BCUT2D eigenvalue weighted by molar-refractivity contribution is -0.108. The van der Waals surface area contributed by atoms with E-state index in [4.69, 9.17) is 27.4 Å². The Kier molecular flexibility index (Phi) is 6.13. The van der Waals surface area contributed by atoms with Crippen LogP contribution in [0.25, 0.3) is 10.9 Å². The van der Waals surface area contributed by atoms with Gasteiger partial charge in [0.1, 0.15) is 12.1 Å². The van der Waals surface area contributed by atoms with Crippen molar-refractivity contribution in [1.82, 2.24) is 9.88 Å². The SMILES string of the molecule is NC(CN(CC=O)C(=O)O)C1CCN(c2ccc3ccc(Cl)cc3n2)CC1. The van der Waals surface area contributed by atoms with Gasteiger partial charge in [-0.15, -0.1) is 0 Å². The third-order valence-electron chi connectivity index (χ3n) is 5.11. The number of amides is 1. The molecule has 8 heteroatoms. The third-order valence-corrected chi connectivity index (χ3v) is 5.34. The molecule has 1 aliphatic rings. The van der Waals surface area contributed by atoms with Gasteiger partial charge in [-0.3, -0.25) is 4.90 Å². The van der Waals surface area contributed by atoms with Crippen LogP contribution in [0.15, 0.2) is 30.3 Å². The molecule has 0 aliphatic carbocycles. The van der Waals surface area contributed by atoms with E-state index >= 15 is 0 Å². The van der Waals surface area contributed by atoms with Gasteiger partial charge in [0, 0.05) is 36.1 Å². The lowest BCUT2D eigenvalue weighted by Crippen LogP contribution is -2.48. The van der Waals surface area contributed by atoms with E-state index in [9.17, 15) is 9.59 Å². The molecule has 0 radical (unpaired) electrons. The number of aromatic nitrogens is 1. The number of hydrogen-bond acceptors (Lipinski definition) is 5. The lowest BCUT2D eigenvalue weighted by Gasteiger charge is -2.36. The van der Waals surface area contributed by atoms with E-state index in [1.807, 2.05) is 30.3 Å². The van der Waals surface area contributed by atoms with Crippen LogP contribution in [-0.4, -0.2) is 59.6 Å². The molecule has 3 rings (SSSR count). The second-order valence-corrected chi connectivity index (χ2v) is 7.29. The van der Waals surface area contributed by atoms with Gasteiger partial charge in [0.05, 0.1) is 12.1 Å². The van der Waals surface area contributed by atoms with E-state index in [2.05, 4.69) is 4.90 Å². The van der Waals surface area contributed by atoms with Crippen LogP contribution < -0.4 is 10.6 Å². The van der Waals surface area contributed by atoms with Crippen LogP contribution in [0.2, 0.25) is 5.02 Å². The fourth-order valence-electron chi connectivity index (χ4n) is 3.54. The summed E-state index contributed by atoms with van der Waals surface area (Å²) in [5, 5.41) is 10.8. The fraction of sp³-hybridized carbons (Fsp3) is 0.421. The van der Waals surface area contributed by atoms with Crippen LogP contribution in [0.3, 0.4) is 0 Å². The maximum Gasteiger partial charge on any atom is 0.407 e. The Labute approximate surface area is 162 Å². The zero-order valence-electron chi connectivity index (χ0n) is 14.9.